The van der Waals surface area contributed by atoms with Gasteiger partial charge in [-0.25, -0.2) is 0 Å². The first kappa shape index (κ1) is 13.5. The number of aromatic nitrogens is 2. The highest BCUT2D eigenvalue weighted by Gasteiger charge is 2.31. The van der Waals surface area contributed by atoms with Crippen LogP contribution in [0.3, 0.4) is 0 Å². The average Bonchev–Trinajstić information content (AvgIpc) is 2.54. The largest absolute Gasteiger partial charge is 0.312 e. The second-order valence-corrected chi connectivity index (χ2v) is 5.16. The van der Waals surface area contributed by atoms with Gasteiger partial charge in [-0.1, -0.05) is 19.3 Å². The van der Waals surface area contributed by atoms with E-state index < -0.39 is 0 Å². The molecule has 0 radical (unpaired) electrons. The third kappa shape index (κ3) is 2.46. The molecule has 1 saturated carbocycles. The topological polar surface area (TPSA) is 84.8 Å². The maximum Gasteiger partial charge on any atom is 0.312 e. The number of hydrogen-bond acceptors (Lipinski definition) is 4. The molecule has 1 aromatic heterocycles. The molecule has 6 heteroatoms. The summed E-state index contributed by atoms with van der Waals surface area (Å²) < 4.78 is 1.71. The van der Waals surface area contributed by atoms with Gasteiger partial charge in [0.25, 0.3) is 0 Å². The van der Waals surface area contributed by atoms with Crippen molar-refractivity contribution < 1.29 is 4.92 Å². The molecule has 0 saturated heterocycles. The minimum atomic E-state index is -0.383. The van der Waals surface area contributed by atoms with E-state index in [4.69, 9.17) is 0 Å². The van der Waals surface area contributed by atoms with Crippen molar-refractivity contribution in [1.29, 1.82) is 5.26 Å². The summed E-state index contributed by atoms with van der Waals surface area (Å²) in [6.45, 7) is 3.37. The van der Waals surface area contributed by atoms with Gasteiger partial charge in [0, 0.05) is 0 Å². The first-order valence-corrected chi connectivity index (χ1v) is 6.66. The highest BCUT2D eigenvalue weighted by Crippen LogP contribution is 2.35. The van der Waals surface area contributed by atoms with Gasteiger partial charge < -0.3 is 0 Å². The molecule has 0 spiro atoms. The summed E-state index contributed by atoms with van der Waals surface area (Å²) in [5, 5.41) is 24.7. The van der Waals surface area contributed by atoms with Crippen molar-refractivity contribution in [3.05, 3.63) is 21.5 Å². The zero-order valence-corrected chi connectivity index (χ0v) is 11.3. The number of aryl methyl sites for hydroxylation is 1. The molecule has 0 bridgehead atoms. The lowest BCUT2D eigenvalue weighted by Gasteiger charge is -2.20. The van der Waals surface area contributed by atoms with Crippen LogP contribution in [0.4, 0.5) is 5.69 Å². The van der Waals surface area contributed by atoms with Crippen LogP contribution in [0.25, 0.3) is 0 Å². The third-order valence-corrected chi connectivity index (χ3v) is 3.93. The van der Waals surface area contributed by atoms with Crippen LogP contribution in [0.5, 0.6) is 0 Å². The summed E-state index contributed by atoms with van der Waals surface area (Å²) in [6, 6.07) is 2.32. The second-order valence-electron chi connectivity index (χ2n) is 5.16. The Kier molecular flexibility index (Phi) is 3.84. The maximum absolute atomic E-state index is 11.0. The molecule has 1 aliphatic carbocycles. The summed E-state index contributed by atoms with van der Waals surface area (Å²) in [7, 11) is 0. The summed E-state index contributed by atoms with van der Waals surface area (Å²) in [6.07, 6.45) is 4.95. The van der Waals surface area contributed by atoms with Crippen LogP contribution in [0.15, 0.2) is 0 Å². The van der Waals surface area contributed by atoms with Crippen molar-refractivity contribution in [2.75, 3.05) is 0 Å². The van der Waals surface area contributed by atoms with Crippen LogP contribution in [-0.2, 0) is 0 Å². The van der Waals surface area contributed by atoms with E-state index >= 15 is 0 Å². The fourth-order valence-electron chi connectivity index (χ4n) is 2.97. The SMILES string of the molecule is Cc1nn(C2CCCCCC2C#N)c(C)c1[N+](=O)[O-]. The molecule has 19 heavy (non-hydrogen) atoms. The van der Waals surface area contributed by atoms with E-state index in [0.29, 0.717) is 11.4 Å². The molecule has 1 fully saturated rings. The minimum absolute atomic E-state index is 0.0279. The molecule has 2 rings (SSSR count). The zero-order valence-electron chi connectivity index (χ0n) is 11.3. The fraction of sp³-hybridized carbons (Fsp3) is 0.692. The molecule has 1 aliphatic rings. The van der Waals surface area contributed by atoms with Crippen molar-refractivity contribution in [1.82, 2.24) is 9.78 Å². The molecule has 0 aromatic carbocycles. The summed E-state index contributed by atoms with van der Waals surface area (Å²) in [5.41, 5.74) is 1.08. The van der Waals surface area contributed by atoms with Crippen molar-refractivity contribution in [3.8, 4) is 6.07 Å². The van der Waals surface area contributed by atoms with Gasteiger partial charge in [0.15, 0.2) is 0 Å². The van der Waals surface area contributed by atoms with E-state index in [-0.39, 0.29) is 22.6 Å². The summed E-state index contributed by atoms with van der Waals surface area (Å²) in [5.74, 6) is -0.0971. The lowest BCUT2D eigenvalue weighted by Crippen LogP contribution is -2.19. The normalized spacial score (nSPS) is 23.6. The van der Waals surface area contributed by atoms with Crippen LogP contribution in [0.1, 0.15) is 49.5 Å². The predicted molar refractivity (Wildman–Crippen MR) is 69.6 cm³/mol. The van der Waals surface area contributed by atoms with E-state index in [9.17, 15) is 15.4 Å². The third-order valence-electron chi connectivity index (χ3n) is 3.93. The van der Waals surface area contributed by atoms with Gasteiger partial charge in [-0.2, -0.15) is 10.4 Å². The number of nitriles is 1. The first-order chi connectivity index (χ1) is 9.06. The Balaban J connectivity index is 2.42. The van der Waals surface area contributed by atoms with Gasteiger partial charge in [0.1, 0.15) is 11.4 Å². The standard InChI is InChI=1S/C13H18N4O2/c1-9-13(17(18)19)10(2)16(15-9)12-7-5-3-4-6-11(12)8-14/h11-12H,3-7H2,1-2H3. The van der Waals surface area contributed by atoms with E-state index in [2.05, 4.69) is 11.2 Å². The van der Waals surface area contributed by atoms with Crippen LogP contribution in [0, 0.1) is 41.2 Å². The van der Waals surface area contributed by atoms with Crippen LogP contribution >= 0.6 is 0 Å². The molecular weight excluding hydrogens is 244 g/mol. The number of nitro groups is 1. The van der Waals surface area contributed by atoms with Gasteiger partial charge in [-0.3, -0.25) is 14.8 Å². The molecule has 2 atom stereocenters. The molecule has 102 valence electrons. The van der Waals surface area contributed by atoms with Gasteiger partial charge >= 0.3 is 5.69 Å². The second kappa shape index (κ2) is 5.39. The Bertz CT molecular complexity index is 529. The highest BCUT2D eigenvalue weighted by atomic mass is 16.6. The molecule has 1 heterocycles. The van der Waals surface area contributed by atoms with Gasteiger partial charge in [0.05, 0.1) is 23.0 Å². The minimum Gasteiger partial charge on any atom is -0.258 e. The molecule has 1 aromatic rings. The Hall–Kier alpha value is -1.90. The molecule has 0 amide bonds. The highest BCUT2D eigenvalue weighted by molar-refractivity contribution is 5.39. The number of rotatable bonds is 2. The van der Waals surface area contributed by atoms with E-state index in [1.54, 1.807) is 18.5 Å². The van der Waals surface area contributed by atoms with Crippen molar-refractivity contribution in [2.24, 2.45) is 5.92 Å². The smallest absolute Gasteiger partial charge is 0.258 e. The first-order valence-electron chi connectivity index (χ1n) is 6.66. The monoisotopic (exact) mass is 262 g/mol. The number of hydrogen-bond donors (Lipinski definition) is 0. The predicted octanol–water partition coefficient (Wildman–Crippen LogP) is 3.05. The summed E-state index contributed by atoms with van der Waals surface area (Å²) >= 11 is 0. The number of nitrogens with zero attached hydrogens (tertiary/aromatic N) is 4. The molecule has 0 aliphatic heterocycles. The molecule has 0 N–H and O–H groups in total. The Morgan fingerprint density at radius 2 is 2.05 bits per heavy atom. The lowest BCUT2D eigenvalue weighted by atomic mass is 9.96. The molecule has 2 unspecified atom stereocenters. The molecular formula is C13H18N4O2. The van der Waals surface area contributed by atoms with Crippen LogP contribution in [0.2, 0.25) is 0 Å². The Labute approximate surface area is 112 Å². The lowest BCUT2D eigenvalue weighted by molar-refractivity contribution is -0.386. The Morgan fingerprint density at radius 1 is 1.37 bits per heavy atom. The van der Waals surface area contributed by atoms with Crippen LogP contribution < -0.4 is 0 Å². The quantitative estimate of drug-likeness (QED) is 0.465. The van der Waals surface area contributed by atoms with Gasteiger partial charge in [-0.05, 0) is 26.7 Å². The van der Waals surface area contributed by atoms with Crippen LogP contribution in [-0.4, -0.2) is 14.7 Å². The summed E-state index contributed by atoms with van der Waals surface area (Å²) in [4.78, 5) is 10.7. The average molecular weight is 262 g/mol. The van der Waals surface area contributed by atoms with Gasteiger partial charge in [-0.15, -0.1) is 0 Å². The van der Waals surface area contributed by atoms with Crippen molar-refractivity contribution in [3.63, 3.8) is 0 Å². The van der Waals surface area contributed by atoms with E-state index in [0.717, 1.165) is 32.1 Å². The van der Waals surface area contributed by atoms with Crippen molar-refractivity contribution in [2.45, 2.75) is 52.0 Å². The molecule has 6 nitrogen and oxygen atoms in total. The maximum atomic E-state index is 11.0. The fourth-order valence-corrected chi connectivity index (χ4v) is 2.97. The zero-order chi connectivity index (χ0) is 14.0. The van der Waals surface area contributed by atoms with E-state index in [1.807, 2.05) is 0 Å². The van der Waals surface area contributed by atoms with Crippen molar-refractivity contribution >= 4 is 5.69 Å². The van der Waals surface area contributed by atoms with E-state index in [1.165, 1.54) is 0 Å². The Morgan fingerprint density at radius 3 is 2.63 bits per heavy atom. The van der Waals surface area contributed by atoms with Gasteiger partial charge in [0.2, 0.25) is 0 Å².